The second kappa shape index (κ2) is 8.37. The lowest BCUT2D eigenvalue weighted by atomic mass is 10.1. The van der Waals surface area contributed by atoms with Crippen molar-refractivity contribution in [1.29, 1.82) is 0 Å². The number of hydrogen-bond acceptors (Lipinski definition) is 3. The van der Waals surface area contributed by atoms with Gasteiger partial charge in [0.1, 0.15) is 0 Å². The van der Waals surface area contributed by atoms with E-state index >= 15 is 0 Å². The Morgan fingerprint density at radius 1 is 0.967 bits per heavy atom. The highest BCUT2D eigenvalue weighted by molar-refractivity contribution is 5.94. The number of pyridine rings is 1. The molecule has 1 N–H and O–H groups in total. The van der Waals surface area contributed by atoms with Gasteiger partial charge in [-0.3, -0.25) is 13.9 Å². The summed E-state index contributed by atoms with van der Waals surface area (Å²) in [7, 11) is 0. The predicted octanol–water partition coefficient (Wildman–Crippen LogP) is 3.29. The molecule has 30 heavy (non-hydrogen) atoms. The molecule has 6 nitrogen and oxygen atoms in total. The number of aromatic nitrogens is 3. The number of hydrogen-bond donors (Lipinski definition) is 1. The molecule has 4 rings (SSSR count). The van der Waals surface area contributed by atoms with Crippen molar-refractivity contribution in [2.75, 3.05) is 6.54 Å². The van der Waals surface area contributed by atoms with Crippen LogP contribution < -0.4 is 11.0 Å². The van der Waals surface area contributed by atoms with Crippen LogP contribution in [-0.4, -0.2) is 26.6 Å². The Balaban J connectivity index is 1.55. The molecule has 0 atom stereocenters. The summed E-state index contributed by atoms with van der Waals surface area (Å²) in [5.74, 6) is -0.143. The number of amides is 1. The SMILES string of the molecule is Cc1cc(C)cc(C(=O)NCCn2c(=O)n(Cc3ccccc3)c3cccnc32)c1. The maximum Gasteiger partial charge on any atom is 0.330 e. The van der Waals surface area contributed by atoms with Gasteiger partial charge in [0.05, 0.1) is 12.1 Å². The normalized spacial score (nSPS) is 11.0. The number of fused-ring (bicyclic) bond motifs is 1. The first kappa shape index (κ1) is 19.6. The fourth-order valence-electron chi connectivity index (χ4n) is 3.76. The minimum atomic E-state index is -0.143. The zero-order chi connectivity index (χ0) is 21.1. The Kier molecular flexibility index (Phi) is 5.48. The van der Waals surface area contributed by atoms with Gasteiger partial charge in [-0.25, -0.2) is 9.78 Å². The van der Waals surface area contributed by atoms with Gasteiger partial charge in [-0.15, -0.1) is 0 Å². The Morgan fingerprint density at radius 2 is 1.70 bits per heavy atom. The van der Waals surface area contributed by atoms with Crippen LogP contribution in [0.2, 0.25) is 0 Å². The van der Waals surface area contributed by atoms with Gasteiger partial charge >= 0.3 is 5.69 Å². The van der Waals surface area contributed by atoms with Crippen LogP contribution in [0.5, 0.6) is 0 Å². The summed E-state index contributed by atoms with van der Waals surface area (Å²) in [6.07, 6.45) is 1.68. The van der Waals surface area contributed by atoms with E-state index in [1.807, 2.05) is 74.5 Å². The second-order valence-electron chi connectivity index (χ2n) is 7.48. The summed E-state index contributed by atoms with van der Waals surface area (Å²) >= 11 is 0. The Hall–Kier alpha value is -3.67. The van der Waals surface area contributed by atoms with Gasteiger partial charge in [0.15, 0.2) is 5.65 Å². The maximum absolute atomic E-state index is 13.1. The maximum atomic E-state index is 13.1. The van der Waals surface area contributed by atoms with Crippen LogP contribution in [0, 0.1) is 13.8 Å². The van der Waals surface area contributed by atoms with Crippen molar-refractivity contribution >= 4 is 17.1 Å². The molecule has 0 spiro atoms. The molecule has 152 valence electrons. The standard InChI is InChI=1S/C24H24N4O2/c1-17-13-18(2)15-20(14-17)23(29)26-11-12-27-22-21(9-6-10-25-22)28(24(27)30)16-19-7-4-3-5-8-19/h3-10,13-15H,11-12,16H2,1-2H3,(H,26,29). The first-order valence-corrected chi connectivity index (χ1v) is 9.97. The van der Waals surface area contributed by atoms with E-state index in [2.05, 4.69) is 10.3 Å². The van der Waals surface area contributed by atoms with Gasteiger partial charge in [0.25, 0.3) is 5.91 Å². The molecule has 4 aromatic rings. The van der Waals surface area contributed by atoms with Crippen molar-refractivity contribution in [3.8, 4) is 0 Å². The third-order valence-electron chi connectivity index (χ3n) is 5.06. The third-order valence-corrected chi connectivity index (χ3v) is 5.06. The van der Waals surface area contributed by atoms with E-state index < -0.39 is 0 Å². The number of nitrogens with one attached hydrogen (secondary N) is 1. The third kappa shape index (κ3) is 4.03. The Labute approximate surface area is 174 Å². The van der Waals surface area contributed by atoms with Crippen molar-refractivity contribution < 1.29 is 4.79 Å². The number of benzene rings is 2. The average molecular weight is 400 g/mol. The zero-order valence-electron chi connectivity index (χ0n) is 17.1. The van der Waals surface area contributed by atoms with Gasteiger partial charge < -0.3 is 5.32 Å². The monoisotopic (exact) mass is 400 g/mol. The average Bonchev–Trinajstić information content (AvgIpc) is 3.00. The summed E-state index contributed by atoms with van der Waals surface area (Å²) in [5, 5.41) is 2.92. The van der Waals surface area contributed by atoms with Crippen molar-refractivity contribution in [2.24, 2.45) is 0 Å². The lowest BCUT2D eigenvalue weighted by molar-refractivity contribution is 0.0952. The molecule has 2 heterocycles. The molecule has 0 fully saturated rings. The molecular weight excluding hydrogens is 376 g/mol. The highest BCUT2D eigenvalue weighted by Crippen LogP contribution is 2.12. The predicted molar refractivity (Wildman–Crippen MR) is 118 cm³/mol. The van der Waals surface area contributed by atoms with Crippen LogP contribution in [0.1, 0.15) is 27.0 Å². The van der Waals surface area contributed by atoms with E-state index in [-0.39, 0.29) is 11.6 Å². The summed E-state index contributed by atoms with van der Waals surface area (Å²) in [5.41, 5.74) is 5.04. The van der Waals surface area contributed by atoms with E-state index in [1.54, 1.807) is 15.3 Å². The quantitative estimate of drug-likeness (QED) is 0.540. The van der Waals surface area contributed by atoms with E-state index in [0.29, 0.717) is 30.8 Å². The van der Waals surface area contributed by atoms with Crippen molar-refractivity contribution in [3.05, 3.63) is 99.6 Å². The number of nitrogens with zero attached hydrogens (tertiary/aromatic N) is 3. The number of rotatable bonds is 6. The van der Waals surface area contributed by atoms with Gasteiger partial charge in [0.2, 0.25) is 0 Å². The molecule has 0 aliphatic carbocycles. The highest BCUT2D eigenvalue weighted by atomic mass is 16.2. The molecule has 2 aromatic carbocycles. The number of carbonyl (C=O) groups excluding carboxylic acids is 1. The fraction of sp³-hybridized carbons (Fsp3) is 0.208. The molecule has 0 bridgehead atoms. The van der Waals surface area contributed by atoms with Gasteiger partial charge in [-0.2, -0.15) is 0 Å². The number of imidazole rings is 1. The van der Waals surface area contributed by atoms with Gasteiger partial charge in [-0.05, 0) is 43.7 Å². The van der Waals surface area contributed by atoms with E-state index in [1.165, 1.54) is 0 Å². The molecular formula is C24H24N4O2. The summed E-state index contributed by atoms with van der Waals surface area (Å²) in [6.45, 7) is 5.11. The molecule has 0 saturated carbocycles. The van der Waals surface area contributed by atoms with Crippen LogP contribution in [-0.2, 0) is 13.1 Å². The lowest BCUT2D eigenvalue weighted by Gasteiger charge is -2.08. The van der Waals surface area contributed by atoms with Crippen LogP contribution >= 0.6 is 0 Å². The van der Waals surface area contributed by atoms with Crippen LogP contribution in [0.25, 0.3) is 11.2 Å². The van der Waals surface area contributed by atoms with E-state index in [9.17, 15) is 9.59 Å². The van der Waals surface area contributed by atoms with Crippen LogP contribution in [0.15, 0.2) is 71.7 Å². The topological polar surface area (TPSA) is 68.9 Å². The number of carbonyl (C=O) groups is 1. The first-order valence-electron chi connectivity index (χ1n) is 9.97. The Morgan fingerprint density at radius 3 is 2.43 bits per heavy atom. The van der Waals surface area contributed by atoms with E-state index in [4.69, 9.17) is 0 Å². The number of aryl methyl sites for hydroxylation is 2. The van der Waals surface area contributed by atoms with E-state index in [0.717, 1.165) is 22.2 Å². The second-order valence-corrected chi connectivity index (χ2v) is 7.48. The minimum absolute atomic E-state index is 0.131. The minimum Gasteiger partial charge on any atom is -0.350 e. The molecule has 0 radical (unpaired) electrons. The van der Waals surface area contributed by atoms with Gasteiger partial charge in [0, 0.05) is 24.8 Å². The molecule has 0 unspecified atom stereocenters. The van der Waals surface area contributed by atoms with Crippen molar-refractivity contribution in [3.63, 3.8) is 0 Å². The molecule has 1 amide bonds. The molecule has 0 saturated heterocycles. The first-order chi connectivity index (χ1) is 14.5. The fourth-order valence-corrected chi connectivity index (χ4v) is 3.76. The zero-order valence-corrected chi connectivity index (χ0v) is 17.1. The highest BCUT2D eigenvalue weighted by Gasteiger charge is 2.14. The smallest absolute Gasteiger partial charge is 0.330 e. The molecule has 2 aromatic heterocycles. The van der Waals surface area contributed by atoms with Crippen LogP contribution in [0.4, 0.5) is 0 Å². The van der Waals surface area contributed by atoms with Crippen molar-refractivity contribution in [1.82, 2.24) is 19.4 Å². The lowest BCUT2D eigenvalue weighted by Crippen LogP contribution is -2.32. The van der Waals surface area contributed by atoms with Crippen LogP contribution in [0.3, 0.4) is 0 Å². The molecule has 6 heteroatoms. The van der Waals surface area contributed by atoms with Gasteiger partial charge in [-0.1, -0.05) is 47.5 Å². The summed E-state index contributed by atoms with van der Waals surface area (Å²) in [6, 6.07) is 19.3. The van der Waals surface area contributed by atoms with Crippen molar-refractivity contribution in [2.45, 2.75) is 26.9 Å². The summed E-state index contributed by atoms with van der Waals surface area (Å²) in [4.78, 5) is 30.0. The Bertz CT molecular complexity index is 1240. The molecule has 0 aliphatic rings. The molecule has 0 aliphatic heterocycles. The summed E-state index contributed by atoms with van der Waals surface area (Å²) < 4.78 is 3.35. The largest absolute Gasteiger partial charge is 0.350 e.